The fourth-order valence-electron chi connectivity index (χ4n) is 2.17. The first-order valence-electron chi connectivity index (χ1n) is 6.37. The summed E-state index contributed by atoms with van der Waals surface area (Å²) in [5.41, 5.74) is 8.60. The van der Waals surface area contributed by atoms with Gasteiger partial charge in [0.2, 0.25) is 0 Å². The molecule has 0 saturated carbocycles. The third-order valence-electron chi connectivity index (χ3n) is 3.43. The molecule has 112 valence electrons. The lowest BCUT2D eigenvalue weighted by Crippen LogP contribution is -2.17. The van der Waals surface area contributed by atoms with Gasteiger partial charge in [0.15, 0.2) is 0 Å². The maximum Gasteiger partial charge on any atom is 0.262 e. The van der Waals surface area contributed by atoms with Crippen molar-refractivity contribution in [3.05, 3.63) is 52.0 Å². The van der Waals surface area contributed by atoms with Crippen molar-refractivity contribution in [1.29, 1.82) is 0 Å². The van der Waals surface area contributed by atoms with Gasteiger partial charge in [0.1, 0.15) is 0 Å². The highest BCUT2D eigenvalue weighted by molar-refractivity contribution is 7.92. The fraction of sp³-hybridized carbons (Fsp3) is 0.200. The molecule has 0 radical (unpaired) electrons. The molecule has 0 bridgehead atoms. The number of anilines is 2. The van der Waals surface area contributed by atoms with E-state index in [1.807, 2.05) is 0 Å². The Morgan fingerprint density at radius 1 is 1.05 bits per heavy atom. The molecule has 2 aromatic carbocycles. The number of hydrogen-bond acceptors (Lipinski definition) is 3. The van der Waals surface area contributed by atoms with Gasteiger partial charge in [-0.15, -0.1) is 0 Å². The predicted molar refractivity (Wildman–Crippen MR) is 87.3 cm³/mol. The number of nitrogens with one attached hydrogen (secondary N) is 1. The summed E-state index contributed by atoms with van der Waals surface area (Å²) in [5, 5.41) is 0.510. The van der Waals surface area contributed by atoms with Crippen LogP contribution in [-0.4, -0.2) is 8.42 Å². The molecule has 2 aromatic rings. The SMILES string of the molecule is Cc1ccc(N)c(C)c1S(=O)(=O)Nc1cccc(Cl)c1C. The summed E-state index contributed by atoms with van der Waals surface area (Å²) in [6, 6.07) is 8.49. The van der Waals surface area contributed by atoms with Crippen LogP contribution in [0.15, 0.2) is 35.2 Å². The van der Waals surface area contributed by atoms with Gasteiger partial charge in [-0.1, -0.05) is 23.7 Å². The Labute approximate surface area is 130 Å². The summed E-state index contributed by atoms with van der Waals surface area (Å²) < 4.78 is 27.9. The summed E-state index contributed by atoms with van der Waals surface area (Å²) in [6.45, 7) is 5.20. The highest BCUT2D eigenvalue weighted by atomic mass is 35.5. The number of aryl methyl sites for hydroxylation is 1. The van der Waals surface area contributed by atoms with E-state index in [1.165, 1.54) is 0 Å². The first-order valence-corrected chi connectivity index (χ1v) is 8.24. The zero-order chi connectivity index (χ0) is 15.8. The summed E-state index contributed by atoms with van der Waals surface area (Å²) >= 11 is 6.02. The van der Waals surface area contributed by atoms with Gasteiger partial charge in [0.25, 0.3) is 10.0 Å². The van der Waals surface area contributed by atoms with Crippen LogP contribution in [0.2, 0.25) is 5.02 Å². The number of rotatable bonds is 3. The summed E-state index contributed by atoms with van der Waals surface area (Å²) in [6.07, 6.45) is 0. The Morgan fingerprint density at radius 2 is 1.71 bits per heavy atom. The second kappa shape index (κ2) is 5.58. The smallest absolute Gasteiger partial charge is 0.262 e. The molecular weight excluding hydrogens is 308 g/mol. The molecule has 0 aliphatic carbocycles. The molecule has 0 aliphatic rings. The maximum absolute atomic E-state index is 12.6. The highest BCUT2D eigenvalue weighted by Gasteiger charge is 2.21. The number of benzene rings is 2. The largest absolute Gasteiger partial charge is 0.398 e. The van der Waals surface area contributed by atoms with Crippen molar-refractivity contribution in [3.63, 3.8) is 0 Å². The molecular formula is C15H17ClN2O2S. The van der Waals surface area contributed by atoms with Crippen molar-refractivity contribution < 1.29 is 8.42 Å². The van der Waals surface area contributed by atoms with Crippen LogP contribution in [-0.2, 0) is 10.0 Å². The lowest BCUT2D eigenvalue weighted by molar-refractivity contribution is 0.600. The van der Waals surface area contributed by atoms with Crippen molar-refractivity contribution >= 4 is 33.0 Å². The van der Waals surface area contributed by atoms with E-state index in [9.17, 15) is 8.42 Å². The van der Waals surface area contributed by atoms with Crippen LogP contribution in [0.5, 0.6) is 0 Å². The molecule has 0 amide bonds. The first-order chi connectivity index (χ1) is 9.74. The Kier molecular flexibility index (Phi) is 4.16. The summed E-state index contributed by atoms with van der Waals surface area (Å²) in [4.78, 5) is 0.210. The molecule has 0 aliphatic heterocycles. The Balaban J connectivity index is 2.54. The topological polar surface area (TPSA) is 72.2 Å². The van der Waals surface area contributed by atoms with Crippen molar-refractivity contribution in [2.24, 2.45) is 0 Å². The van der Waals surface area contributed by atoms with E-state index in [0.29, 0.717) is 33.1 Å². The molecule has 2 rings (SSSR count). The maximum atomic E-state index is 12.6. The Morgan fingerprint density at radius 3 is 2.38 bits per heavy atom. The number of hydrogen-bond donors (Lipinski definition) is 2. The third-order valence-corrected chi connectivity index (χ3v) is 5.49. The number of sulfonamides is 1. The van der Waals surface area contributed by atoms with E-state index in [0.717, 1.165) is 0 Å². The van der Waals surface area contributed by atoms with Gasteiger partial charge in [-0.2, -0.15) is 0 Å². The number of nitrogen functional groups attached to an aromatic ring is 1. The molecule has 0 fully saturated rings. The van der Waals surface area contributed by atoms with Gasteiger partial charge in [0, 0.05) is 10.7 Å². The van der Waals surface area contributed by atoms with Crippen LogP contribution in [0.1, 0.15) is 16.7 Å². The van der Waals surface area contributed by atoms with Crippen LogP contribution in [0.4, 0.5) is 11.4 Å². The van der Waals surface area contributed by atoms with Crippen LogP contribution in [0.3, 0.4) is 0 Å². The van der Waals surface area contributed by atoms with Crippen molar-refractivity contribution in [2.45, 2.75) is 25.7 Å². The summed E-state index contributed by atoms with van der Waals surface area (Å²) in [5.74, 6) is 0. The molecule has 4 nitrogen and oxygen atoms in total. The predicted octanol–water partition coefficient (Wildman–Crippen LogP) is 3.65. The second-order valence-electron chi connectivity index (χ2n) is 4.94. The molecule has 3 N–H and O–H groups in total. The van der Waals surface area contributed by atoms with Gasteiger partial charge < -0.3 is 5.73 Å². The van der Waals surface area contributed by atoms with E-state index in [-0.39, 0.29) is 4.90 Å². The number of nitrogens with two attached hydrogens (primary N) is 1. The van der Waals surface area contributed by atoms with E-state index in [4.69, 9.17) is 17.3 Å². The molecule has 0 saturated heterocycles. The Bertz CT molecular complexity index is 802. The zero-order valence-electron chi connectivity index (χ0n) is 12.1. The lowest BCUT2D eigenvalue weighted by atomic mass is 10.1. The van der Waals surface area contributed by atoms with E-state index < -0.39 is 10.0 Å². The van der Waals surface area contributed by atoms with E-state index in [2.05, 4.69) is 4.72 Å². The highest BCUT2D eigenvalue weighted by Crippen LogP contribution is 2.29. The second-order valence-corrected chi connectivity index (χ2v) is 6.97. The van der Waals surface area contributed by atoms with Crippen molar-refractivity contribution in [1.82, 2.24) is 0 Å². The minimum atomic E-state index is -3.73. The molecule has 0 spiro atoms. The van der Waals surface area contributed by atoms with E-state index in [1.54, 1.807) is 51.1 Å². The molecule has 0 atom stereocenters. The van der Waals surface area contributed by atoms with Crippen LogP contribution < -0.4 is 10.5 Å². The van der Waals surface area contributed by atoms with Gasteiger partial charge in [-0.25, -0.2) is 8.42 Å². The van der Waals surface area contributed by atoms with Gasteiger partial charge in [-0.05, 0) is 55.7 Å². The van der Waals surface area contributed by atoms with Crippen LogP contribution >= 0.6 is 11.6 Å². The third kappa shape index (κ3) is 2.99. The monoisotopic (exact) mass is 324 g/mol. The van der Waals surface area contributed by atoms with Crippen LogP contribution in [0, 0.1) is 20.8 Å². The fourth-order valence-corrected chi connectivity index (χ4v) is 3.97. The summed E-state index contributed by atoms with van der Waals surface area (Å²) in [7, 11) is -3.73. The van der Waals surface area contributed by atoms with Crippen molar-refractivity contribution in [3.8, 4) is 0 Å². The quantitative estimate of drug-likeness (QED) is 0.846. The van der Waals surface area contributed by atoms with Gasteiger partial charge in [-0.3, -0.25) is 4.72 Å². The molecule has 0 aromatic heterocycles. The Hall–Kier alpha value is -1.72. The minimum Gasteiger partial charge on any atom is -0.398 e. The molecule has 0 heterocycles. The van der Waals surface area contributed by atoms with Crippen molar-refractivity contribution in [2.75, 3.05) is 10.5 Å². The van der Waals surface area contributed by atoms with Gasteiger partial charge >= 0.3 is 0 Å². The average Bonchev–Trinajstić information content (AvgIpc) is 2.39. The first kappa shape index (κ1) is 15.7. The molecule has 6 heteroatoms. The van der Waals surface area contributed by atoms with E-state index >= 15 is 0 Å². The standard InChI is InChI=1S/C15H17ClN2O2S/c1-9-7-8-13(17)11(3)15(9)21(19,20)18-14-6-4-5-12(16)10(14)2/h4-8,18H,17H2,1-3H3. The molecule has 21 heavy (non-hydrogen) atoms. The normalized spacial score (nSPS) is 11.4. The average molecular weight is 325 g/mol. The zero-order valence-corrected chi connectivity index (χ0v) is 13.6. The lowest BCUT2D eigenvalue weighted by Gasteiger charge is -2.16. The molecule has 0 unspecified atom stereocenters. The van der Waals surface area contributed by atoms with Gasteiger partial charge in [0.05, 0.1) is 10.6 Å². The number of halogens is 1. The van der Waals surface area contributed by atoms with Crippen LogP contribution in [0.25, 0.3) is 0 Å². The minimum absolute atomic E-state index is 0.210.